The van der Waals surface area contributed by atoms with E-state index in [4.69, 9.17) is 14.5 Å². The maximum atomic E-state index is 6.41. The molecule has 0 aliphatic carbocycles. The standard InChI is InChI=1S/C50H31N5O/c1-3-15-32(16-4-1)49-51-50(33-17-5-2-6-18-33)55(52-49)44-27-14-26-43-48(44)38-23-8-11-25-42(38)53(43)34-19-13-20-35(29-34)54-41-24-10-7-21-36(41)39-30-40-37-22-9-12-28-46(37)56-47(40)31-45(39)54/h1-31H. The molecule has 8 aromatic carbocycles. The Bertz CT molecular complexity index is 3480. The van der Waals surface area contributed by atoms with E-state index in [9.17, 15) is 0 Å². The Hall–Kier alpha value is -7.70. The van der Waals surface area contributed by atoms with Crippen molar-refractivity contribution in [2.75, 3.05) is 0 Å². The molecule has 0 aliphatic rings. The number of para-hydroxylation sites is 3. The molecule has 0 radical (unpaired) electrons. The van der Waals surface area contributed by atoms with Gasteiger partial charge in [-0.05, 0) is 54.6 Å². The van der Waals surface area contributed by atoms with Crippen molar-refractivity contribution in [2.45, 2.75) is 0 Å². The summed E-state index contributed by atoms with van der Waals surface area (Å²) >= 11 is 0. The van der Waals surface area contributed by atoms with Gasteiger partial charge in [-0.1, -0.05) is 127 Å². The van der Waals surface area contributed by atoms with Gasteiger partial charge in [-0.25, -0.2) is 9.67 Å². The van der Waals surface area contributed by atoms with Crippen LogP contribution >= 0.6 is 0 Å². The molecule has 4 aromatic heterocycles. The normalized spacial score (nSPS) is 11.9. The second-order valence-electron chi connectivity index (χ2n) is 14.3. The lowest BCUT2D eigenvalue weighted by atomic mass is 10.1. The minimum absolute atomic E-state index is 0.684. The number of rotatable bonds is 5. The van der Waals surface area contributed by atoms with Gasteiger partial charge in [0, 0.05) is 60.9 Å². The minimum Gasteiger partial charge on any atom is -0.456 e. The molecule has 4 heterocycles. The molecule has 0 saturated heterocycles. The molecule has 0 spiro atoms. The predicted octanol–water partition coefficient (Wildman–Crippen LogP) is 12.7. The van der Waals surface area contributed by atoms with Gasteiger partial charge in [0.1, 0.15) is 11.2 Å². The van der Waals surface area contributed by atoms with Crippen molar-refractivity contribution in [3.63, 3.8) is 0 Å². The third kappa shape index (κ3) is 4.50. The molecular weight excluding hydrogens is 687 g/mol. The van der Waals surface area contributed by atoms with E-state index in [1.54, 1.807) is 0 Å². The first-order chi connectivity index (χ1) is 27.8. The summed E-state index contributed by atoms with van der Waals surface area (Å²) in [5.41, 5.74) is 11.3. The molecule has 0 unspecified atom stereocenters. The molecule has 0 amide bonds. The fourth-order valence-corrected chi connectivity index (χ4v) is 8.66. The highest BCUT2D eigenvalue weighted by molar-refractivity contribution is 6.17. The zero-order chi connectivity index (χ0) is 36.7. The first-order valence-electron chi connectivity index (χ1n) is 18.8. The second kappa shape index (κ2) is 11.9. The van der Waals surface area contributed by atoms with Crippen LogP contribution in [0.2, 0.25) is 0 Å². The molecule has 0 atom stereocenters. The van der Waals surface area contributed by atoms with Crippen LogP contribution in [0.1, 0.15) is 0 Å². The maximum Gasteiger partial charge on any atom is 0.182 e. The largest absolute Gasteiger partial charge is 0.456 e. The van der Waals surface area contributed by atoms with E-state index in [2.05, 4.69) is 149 Å². The molecule has 0 N–H and O–H groups in total. The van der Waals surface area contributed by atoms with E-state index in [0.29, 0.717) is 5.82 Å². The van der Waals surface area contributed by atoms with E-state index < -0.39 is 0 Å². The zero-order valence-corrected chi connectivity index (χ0v) is 30.0. The number of hydrogen-bond acceptors (Lipinski definition) is 3. The number of fused-ring (bicyclic) bond motifs is 9. The summed E-state index contributed by atoms with van der Waals surface area (Å²) in [5.74, 6) is 1.48. The molecule has 0 fully saturated rings. The summed E-state index contributed by atoms with van der Waals surface area (Å²) in [6.45, 7) is 0. The van der Waals surface area contributed by atoms with Gasteiger partial charge in [-0.3, -0.25) is 0 Å². The van der Waals surface area contributed by atoms with Crippen LogP contribution in [0, 0.1) is 0 Å². The zero-order valence-electron chi connectivity index (χ0n) is 30.0. The van der Waals surface area contributed by atoms with Crippen LogP contribution in [-0.4, -0.2) is 23.9 Å². The van der Waals surface area contributed by atoms with Crippen molar-refractivity contribution in [1.82, 2.24) is 23.9 Å². The summed E-state index contributed by atoms with van der Waals surface area (Å²) in [6, 6.07) is 66.0. The van der Waals surface area contributed by atoms with Gasteiger partial charge in [0.05, 0.1) is 27.8 Å². The number of furan rings is 1. The van der Waals surface area contributed by atoms with Gasteiger partial charge < -0.3 is 13.6 Å². The SMILES string of the molecule is c1ccc(-c2nc(-c3ccccc3)n(-c3cccc4c3c3ccccc3n4-c3cccc(-n4c5ccccc5c5cc6c(cc54)oc4ccccc46)c3)n2)cc1. The van der Waals surface area contributed by atoms with Gasteiger partial charge in [0.25, 0.3) is 0 Å². The molecule has 0 bridgehead atoms. The lowest BCUT2D eigenvalue weighted by molar-refractivity contribution is 0.669. The van der Waals surface area contributed by atoms with Crippen LogP contribution in [0.4, 0.5) is 0 Å². The minimum atomic E-state index is 0.684. The number of hydrogen-bond donors (Lipinski definition) is 0. The molecule has 0 saturated carbocycles. The van der Waals surface area contributed by atoms with Crippen molar-refractivity contribution >= 4 is 65.6 Å². The van der Waals surface area contributed by atoms with Gasteiger partial charge >= 0.3 is 0 Å². The lowest BCUT2D eigenvalue weighted by Crippen LogP contribution is -2.01. The van der Waals surface area contributed by atoms with Crippen molar-refractivity contribution in [2.24, 2.45) is 0 Å². The fourth-order valence-electron chi connectivity index (χ4n) is 8.66. The Morgan fingerprint density at radius 2 is 1.00 bits per heavy atom. The van der Waals surface area contributed by atoms with E-state index in [0.717, 1.165) is 88.8 Å². The van der Waals surface area contributed by atoms with Gasteiger partial charge in [-0.2, -0.15) is 0 Å². The van der Waals surface area contributed by atoms with Crippen molar-refractivity contribution in [1.29, 1.82) is 0 Å². The quantitative estimate of drug-likeness (QED) is 0.178. The second-order valence-corrected chi connectivity index (χ2v) is 14.3. The van der Waals surface area contributed by atoms with Crippen molar-refractivity contribution in [3.05, 3.63) is 188 Å². The highest BCUT2D eigenvalue weighted by Crippen LogP contribution is 2.40. The van der Waals surface area contributed by atoms with Crippen LogP contribution in [0.15, 0.2) is 192 Å². The molecule has 12 rings (SSSR count). The average Bonchev–Trinajstić information content (AvgIpc) is 4.03. The third-order valence-electron chi connectivity index (χ3n) is 11.1. The number of aromatic nitrogens is 5. The Morgan fingerprint density at radius 3 is 1.79 bits per heavy atom. The molecule has 6 heteroatoms. The van der Waals surface area contributed by atoms with Crippen molar-refractivity contribution < 1.29 is 4.42 Å². The summed E-state index contributed by atoms with van der Waals surface area (Å²) in [5, 5.41) is 12.1. The Kier molecular flexibility index (Phi) is 6.53. The third-order valence-corrected chi connectivity index (χ3v) is 11.1. The van der Waals surface area contributed by atoms with Crippen LogP contribution in [0.3, 0.4) is 0 Å². The molecular formula is C50H31N5O. The van der Waals surface area contributed by atoms with E-state index >= 15 is 0 Å². The van der Waals surface area contributed by atoms with Crippen LogP contribution in [0.25, 0.3) is 105 Å². The smallest absolute Gasteiger partial charge is 0.182 e. The Balaban J connectivity index is 1.09. The Morgan fingerprint density at radius 1 is 0.393 bits per heavy atom. The Labute approximate surface area is 320 Å². The topological polar surface area (TPSA) is 53.7 Å². The first kappa shape index (κ1) is 30.7. The molecule has 6 nitrogen and oxygen atoms in total. The predicted molar refractivity (Wildman–Crippen MR) is 228 cm³/mol. The maximum absolute atomic E-state index is 6.41. The number of nitrogens with zero attached hydrogens (tertiary/aromatic N) is 5. The van der Waals surface area contributed by atoms with Gasteiger partial charge in [-0.15, -0.1) is 5.10 Å². The molecule has 56 heavy (non-hydrogen) atoms. The van der Waals surface area contributed by atoms with E-state index in [1.165, 1.54) is 10.8 Å². The van der Waals surface area contributed by atoms with Crippen molar-refractivity contribution in [3.8, 4) is 39.8 Å². The van der Waals surface area contributed by atoms with Crippen LogP contribution in [0.5, 0.6) is 0 Å². The molecule has 12 aromatic rings. The van der Waals surface area contributed by atoms with Gasteiger partial charge in [0.15, 0.2) is 11.6 Å². The highest BCUT2D eigenvalue weighted by Gasteiger charge is 2.22. The summed E-state index contributed by atoms with van der Waals surface area (Å²) in [7, 11) is 0. The van der Waals surface area contributed by atoms with E-state index in [-0.39, 0.29) is 0 Å². The number of benzene rings is 8. The molecule has 0 aliphatic heterocycles. The monoisotopic (exact) mass is 717 g/mol. The molecule has 262 valence electrons. The summed E-state index contributed by atoms with van der Waals surface area (Å²) in [6.07, 6.45) is 0. The lowest BCUT2D eigenvalue weighted by Gasteiger charge is -2.13. The van der Waals surface area contributed by atoms with E-state index in [1.807, 2.05) is 53.2 Å². The van der Waals surface area contributed by atoms with Crippen LogP contribution in [-0.2, 0) is 0 Å². The fraction of sp³-hybridized carbons (Fsp3) is 0. The van der Waals surface area contributed by atoms with Crippen LogP contribution < -0.4 is 0 Å². The average molecular weight is 718 g/mol. The highest BCUT2D eigenvalue weighted by atomic mass is 16.3. The summed E-state index contributed by atoms with van der Waals surface area (Å²) < 4.78 is 13.2. The summed E-state index contributed by atoms with van der Waals surface area (Å²) in [4.78, 5) is 5.14. The first-order valence-corrected chi connectivity index (χ1v) is 18.8. The van der Waals surface area contributed by atoms with Gasteiger partial charge in [0.2, 0.25) is 0 Å².